The average Bonchev–Trinajstić information content (AvgIpc) is 3.10. The molecule has 1 aromatic carbocycles. The number of aromatic amines is 1. The van der Waals surface area contributed by atoms with Gasteiger partial charge in [-0.1, -0.05) is 12.1 Å². The molecule has 2 N–H and O–H groups in total. The van der Waals surface area contributed by atoms with E-state index in [-0.39, 0.29) is 11.5 Å². The third-order valence-electron chi connectivity index (χ3n) is 4.39. The Bertz CT molecular complexity index is 672. The highest BCUT2D eigenvalue weighted by Crippen LogP contribution is 2.27. The molecule has 2 aromatic rings. The molecule has 0 bridgehead atoms. The van der Waals surface area contributed by atoms with Gasteiger partial charge in [-0.3, -0.25) is 9.89 Å². The van der Waals surface area contributed by atoms with Gasteiger partial charge in [0.2, 0.25) is 5.91 Å². The number of carbonyl (C=O) groups excluding carboxylic acids is 1. The van der Waals surface area contributed by atoms with E-state index in [9.17, 15) is 9.59 Å². The summed E-state index contributed by atoms with van der Waals surface area (Å²) in [6.07, 6.45) is 5.99. The minimum absolute atomic E-state index is 0.0960. The molecule has 1 aromatic heterocycles. The van der Waals surface area contributed by atoms with Gasteiger partial charge in [-0.25, -0.2) is 4.79 Å². The normalized spacial score (nSPS) is 15.6. The number of aromatic carboxylic acids is 1. The minimum Gasteiger partial charge on any atom is -0.478 e. The van der Waals surface area contributed by atoms with Gasteiger partial charge >= 0.3 is 5.97 Å². The van der Waals surface area contributed by atoms with Crippen LogP contribution in [0.15, 0.2) is 36.7 Å². The maximum absolute atomic E-state index is 12.4. The van der Waals surface area contributed by atoms with E-state index in [0.717, 1.165) is 31.5 Å². The van der Waals surface area contributed by atoms with Gasteiger partial charge in [0.15, 0.2) is 0 Å². The summed E-state index contributed by atoms with van der Waals surface area (Å²) in [6.45, 7) is 1.50. The van der Waals surface area contributed by atoms with Crippen LogP contribution in [0.1, 0.15) is 40.2 Å². The van der Waals surface area contributed by atoms with Crippen molar-refractivity contribution in [1.29, 1.82) is 0 Å². The lowest BCUT2D eigenvalue weighted by atomic mass is 9.91. The van der Waals surface area contributed by atoms with E-state index < -0.39 is 5.97 Å². The highest BCUT2D eigenvalue weighted by Gasteiger charge is 2.24. The van der Waals surface area contributed by atoms with Gasteiger partial charge < -0.3 is 10.0 Å². The van der Waals surface area contributed by atoms with Crippen molar-refractivity contribution < 1.29 is 14.7 Å². The Morgan fingerprint density at radius 2 is 1.91 bits per heavy atom. The first kappa shape index (κ1) is 15.3. The fraction of sp³-hybridized carbons (Fsp3) is 0.353. The molecule has 120 valence electrons. The molecule has 1 amide bonds. The number of piperidine rings is 1. The van der Waals surface area contributed by atoms with Crippen molar-refractivity contribution in [3.05, 3.63) is 53.3 Å². The Morgan fingerprint density at radius 3 is 2.48 bits per heavy atom. The number of carboxylic acid groups (broad SMARTS) is 1. The highest BCUT2D eigenvalue weighted by molar-refractivity contribution is 5.87. The second-order valence-corrected chi connectivity index (χ2v) is 5.87. The van der Waals surface area contributed by atoms with Crippen LogP contribution in [-0.2, 0) is 11.2 Å². The van der Waals surface area contributed by atoms with Gasteiger partial charge in [0.1, 0.15) is 0 Å². The smallest absolute Gasteiger partial charge is 0.335 e. The van der Waals surface area contributed by atoms with Crippen molar-refractivity contribution in [3.8, 4) is 0 Å². The number of benzene rings is 1. The van der Waals surface area contributed by atoms with Gasteiger partial charge in [-0.2, -0.15) is 5.10 Å². The number of likely N-dealkylation sites (tertiary alicyclic amines) is 1. The van der Waals surface area contributed by atoms with E-state index in [1.807, 2.05) is 17.3 Å². The fourth-order valence-corrected chi connectivity index (χ4v) is 3.00. The molecular formula is C17H19N3O3. The van der Waals surface area contributed by atoms with Crippen molar-refractivity contribution in [2.75, 3.05) is 13.1 Å². The highest BCUT2D eigenvalue weighted by atomic mass is 16.4. The van der Waals surface area contributed by atoms with Crippen LogP contribution >= 0.6 is 0 Å². The SMILES string of the molecule is O=C(O)c1ccc(CC(=O)N2CCC(c3cn[nH]c3)CC2)cc1. The Labute approximate surface area is 134 Å². The first-order valence-corrected chi connectivity index (χ1v) is 7.72. The number of rotatable bonds is 4. The predicted octanol–water partition coefficient (Wildman–Crippen LogP) is 2.06. The molecule has 1 aliphatic rings. The van der Waals surface area contributed by atoms with Gasteiger partial charge in [-0.05, 0) is 42.0 Å². The van der Waals surface area contributed by atoms with E-state index in [4.69, 9.17) is 5.11 Å². The number of nitrogens with one attached hydrogen (secondary N) is 1. The Hall–Kier alpha value is -2.63. The van der Waals surface area contributed by atoms with Crippen molar-refractivity contribution in [2.45, 2.75) is 25.2 Å². The molecule has 0 unspecified atom stereocenters. The standard InChI is InChI=1S/C17H19N3O3/c21-16(9-12-1-3-14(4-2-12)17(22)23)20-7-5-13(6-8-20)15-10-18-19-11-15/h1-4,10-11,13H,5-9H2,(H,18,19)(H,22,23). The minimum atomic E-state index is -0.954. The molecule has 0 aliphatic carbocycles. The second-order valence-electron chi connectivity index (χ2n) is 5.87. The summed E-state index contributed by atoms with van der Waals surface area (Å²) in [5.41, 5.74) is 2.29. The number of amides is 1. The Morgan fingerprint density at radius 1 is 1.22 bits per heavy atom. The maximum Gasteiger partial charge on any atom is 0.335 e. The second kappa shape index (κ2) is 6.64. The third-order valence-corrected chi connectivity index (χ3v) is 4.39. The predicted molar refractivity (Wildman–Crippen MR) is 84.2 cm³/mol. The largest absolute Gasteiger partial charge is 0.478 e. The van der Waals surface area contributed by atoms with Crippen LogP contribution in [0, 0.1) is 0 Å². The van der Waals surface area contributed by atoms with E-state index in [1.54, 1.807) is 12.1 Å². The number of hydrogen-bond acceptors (Lipinski definition) is 3. The monoisotopic (exact) mass is 313 g/mol. The quantitative estimate of drug-likeness (QED) is 0.904. The first-order chi connectivity index (χ1) is 11.1. The summed E-state index contributed by atoms with van der Waals surface area (Å²) in [5.74, 6) is -0.393. The number of H-pyrrole nitrogens is 1. The summed E-state index contributed by atoms with van der Waals surface area (Å²) in [5, 5.41) is 15.7. The molecule has 2 heterocycles. The number of hydrogen-bond donors (Lipinski definition) is 2. The van der Waals surface area contributed by atoms with Crippen molar-refractivity contribution in [3.63, 3.8) is 0 Å². The summed E-state index contributed by atoms with van der Waals surface area (Å²) in [6, 6.07) is 6.49. The van der Waals surface area contributed by atoms with Crippen molar-refractivity contribution in [1.82, 2.24) is 15.1 Å². The topological polar surface area (TPSA) is 86.3 Å². The van der Waals surface area contributed by atoms with Gasteiger partial charge in [0.05, 0.1) is 18.2 Å². The maximum atomic E-state index is 12.4. The molecule has 1 saturated heterocycles. The van der Waals surface area contributed by atoms with Crippen molar-refractivity contribution >= 4 is 11.9 Å². The summed E-state index contributed by atoms with van der Waals surface area (Å²) in [4.78, 5) is 25.1. The lowest BCUT2D eigenvalue weighted by molar-refractivity contribution is -0.131. The summed E-state index contributed by atoms with van der Waals surface area (Å²) in [7, 11) is 0. The van der Waals surface area contributed by atoms with Crippen LogP contribution in [0.3, 0.4) is 0 Å². The molecule has 3 rings (SSSR count). The molecule has 23 heavy (non-hydrogen) atoms. The number of carbonyl (C=O) groups is 2. The molecule has 0 radical (unpaired) electrons. The zero-order valence-electron chi connectivity index (χ0n) is 12.7. The molecule has 0 atom stereocenters. The lowest BCUT2D eigenvalue weighted by Crippen LogP contribution is -2.38. The van der Waals surface area contributed by atoms with Crippen LogP contribution < -0.4 is 0 Å². The summed E-state index contributed by atoms with van der Waals surface area (Å²) >= 11 is 0. The fourth-order valence-electron chi connectivity index (χ4n) is 3.00. The van der Waals surface area contributed by atoms with Gasteiger partial charge in [-0.15, -0.1) is 0 Å². The van der Waals surface area contributed by atoms with E-state index in [0.29, 0.717) is 12.3 Å². The molecule has 0 saturated carbocycles. The zero-order chi connectivity index (χ0) is 16.2. The van der Waals surface area contributed by atoms with Crippen LogP contribution in [0.5, 0.6) is 0 Å². The van der Waals surface area contributed by atoms with E-state index in [1.165, 1.54) is 17.7 Å². The Balaban J connectivity index is 1.54. The molecule has 6 nitrogen and oxygen atoms in total. The number of nitrogens with zero attached hydrogens (tertiary/aromatic N) is 2. The molecule has 0 spiro atoms. The van der Waals surface area contributed by atoms with E-state index >= 15 is 0 Å². The first-order valence-electron chi connectivity index (χ1n) is 7.72. The van der Waals surface area contributed by atoms with E-state index in [2.05, 4.69) is 10.2 Å². The summed E-state index contributed by atoms with van der Waals surface area (Å²) < 4.78 is 0. The third kappa shape index (κ3) is 3.59. The van der Waals surface area contributed by atoms with Crippen LogP contribution in [0.4, 0.5) is 0 Å². The van der Waals surface area contributed by atoms with Gasteiger partial charge in [0.25, 0.3) is 0 Å². The van der Waals surface area contributed by atoms with Gasteiger partial charge in [0, 0.05) is 19.3 Å². The van der Waals surface area contributed by atoms with Crippen molar-refractivity contribution in [2.24, 2.45) is 0 Å². The molecular weight excluding hydrogens is 294 g/mol. The van der Waals surface area contributed by atoms with Crippen LogP contribution in [0.25, 0.3) is 0 Å². The zero-order valence-corrected chi connectivity index (χ0v) is 12.7. The van der Waals surface area contributed by atoms with Crippen LogP contribution in [0.2, 0.25) is 0 Å². The lowest BCUT2D eigenvalue weighted by Gasteiger charge is -2.31. The molecule has 1 aliphatic heterocycles. The average molecular weight is 313 g/mol. The number of carboxylic acids is 1. The Kier molecular flexibility index (Phi) is 4.41. The van der Waals surface area contributed by atoms with Crippen LogP contribution in [-0.4, -0.2) is 45.2 Å². The number of aromatic nitrogens is 2. The molecule has 6 heteroatoms. The molecule has 1 fully saturated rings.